The maximum absolute atomic E-state index is 12.6. The van der Waals surface area contributed by atoms with Crippen molar-refractivity contribution in [1.29, 1.82) is 0 Å². The van der Waals surface area contributed by atoms with Gasteiger partial charge in [0.05, 0.1) is 4.91 Å². The van der Waals surface area contributed by atoms with Crippen LogP contribution in [0.25, 0.3) is 6.08 Å². The number of hydrogen-bond donors (Lipinski definition) is 1. The standard InChI is InChI=1S/C20H24N2O2S2/c1-14-7-9-15(10-8-14)13-17-19(24)22(20(25)26-17)12-11-18(23)21-16-5-3-2-4-6-16/h7-10,13,16H,2-6,11-12H2,1H3,(H,21,23). The number of benzene rings is 1. The first-order chi connectivity index (χ1) is 12.5. The van der Waals surface area contributed by atoms with E-state index in [-0.39, 0.29) is 11.8 Å². The molecule has 26 heavy (non-hydrogen) atoms. The average molecular weight is 389 g/mol. The van der Waals surface area contributed by atoms with Gasteiger partial charge in [-0.2, -0.15) is 0 Å². The third kappa shape index (κ3) is 4.95. The highest BCUT2D eigenvalue weighted by molar-refractivity contribution is 8.26. The second kappa shape index (κ2) is 8.82. The molecule has 1 saturated carbocycles. The Morgan fingerprint density at radius 2 is 1.96 bits per heavy atom. The van der Waals surface area contributed by atoms with Gasteiger partial charge in [-0.25, -0.2) is 0 Å². The van der Waals surface area contributed by atoms with Gasteiger partial charge in [-0.1, -0.05) is 73.1 Å². The van der Waals surface area contributed by atoms with Crippen molar-refractivity contribution in [2.24, 2.45) is 0 Å². The summed E-state index contributed by atoms with van der Waals surface area (Å²) in [5, 5.41) is 3.09. The first kappa shape index (κ1) is 19.1. The maximum Gasteiger partial charge on any atom is 0.266 e. The van der Waals surface area contributed by atoms with Crippen LogP contribution in [0.3, 0.4) is 0 Å². The second-order valence-electron chi connectivity index (χ2n) is 6.90. The molecule has 1 aliphatic carbocycles. The highest BCUT2D eigenvalue weighted by Crippen LogP contribution is 2.32. The van der Waals surface area contributed by atoms with Crippen LogP contribution in [0.1, 0.15) is 49.7 Å². The molecule has 1 heterocycles. The van der Waals surface area contributed by atoms with Gasteiger partial charge < -0.3 is 5.32 Å². The molecule has 1 saturated heterocycles. The summed E-state index contributed by atoms with van der Waals surface area (Å²) in [4.78, 5) is 26.9. The van der Waals surface area contributed by atoms with Crippen LogP contribution in [0.5, 0.6) is 0 Å². The molecule has 1 aromatic rings. The summed E-state index contributed by atoms with van der Waals surface area (Å²) >= 11 is 6.65. The van der Waals surface area contributed by atoms with E-state index in [1.165, 1.54) is 36.6 Å². The summed E-state index contributed by atoms with van der Waals surface area (Å²) in [5.74, 6) is -0.0977. The molecule has 0 radical (unpaired) electrons. The Bertz CT molecular complexity index is 722. The SMILES string of the molecule is Cc1ccc(C=C2SC(=S)N(CCC(=O)NC3CCCCC3)C2=O)cc1. The summed E-state index contributed by atoms with van der Waals surface area (Å²) in [7, 11) is 0. The number of carbonyl (C=O) groups is 2. The predicted octanol–water partition coefficient (Wildman–Crippen LogP) is 4.04. The van der Waals surface area contributed by atoms with Crippen LogP contribution in [-0.4, -0.2) is 33.6 Å². The minimum atomic E-state index is -0.106. The molecule has 3 rings (SSSR count). The zero-order chi connectivity index (χ0) is 18.5. The van der Waals surface area contributed by atoms with Crippen molar-refractivity contribution in [3.05, 3.63) is 40.3 Å². The zero-order valence-corrected chi connectivity index (χ0v) is 16.6. The molecule has 2 aliphatic rings. The highest BCUT2D eigenvalue weighted by Gasteiger charge is 2.32. The second-order valence-corrected chi connectivity index (χ2v) is 8.57. The van der Waals surface area contributed by atoms with E-state index >= 15 is 0 Å². The third-order valence-corrected chi connectivity index (χ3v) is 6.16. The lowest BCUT2D eigenvalue weighted by molar-refractivity contribution is -0.124. The van der Waals surface area contributed by atoms with Crippen LogP contribution >= 0.6 is 24.0 Å². The van der Waals surface area contributed by atoms with E-state index in [4.69, 9.17) is 12.2 Å². The largest absolute Gasteiger partial charge is 0.353 e. The molecule has 0 aromatic heterocycles. The van der Waals surface area contributed by atoms with Crippen molar-refractivity contribution in [3.8, 4) is 0 Å². The summed E-state index contributed by atoms with van der Waals surface area (Å²) in [5.41, 5.74) is 2.16. The molecule has 1 N–H and O–H groups in total. The van der Waals surface area contributed by atoms with E-state index in [1.807, 2.05) is 37.3 Å². The topological polar surface area (TPSA) is 49.4 Å². The van der Waals surface area contributed by atoms with Gasteiger partial charge in [0.15, 0.2) is 0 Å². The molecule has 0 bridgehead atoms. The predicted molar refractivity (Wildman–Crippen MR) is 111 cm³/mol. The van der Waals surface area contributed by atoms with Gasteiger partial charge >= 0.3 is 0 Å². The Kier molecular flexibility index (Phi) is 6.48. The minimum Gasteiger partial charge on any atom is -0.353 e. The Labute approximate surface area is 164 Å². The van der Waals surface area contributed by atoms with Crippen molar-refractivity contribution in [2.45, 2.75) is 51.5 Å². The van der Waals surface area contributed by atoms with E-state index in [1.54, 1.807) is 4.90 Å². The van der Waals surface area contributed by atoms with E-state index < -0.39 is 0 Å². The molecule has 0 atom stereocenters. The number of amides is 2. The number of nitrogens with zero attached hydrogens (tertiary/aromatic N) is 1. The normalized spacial score (nSPS) is 20.0. The van der Waals surface area contributed by atoms with E-state index in [0.29, 0.717) is 28.2 Å². The number of aryl methyl sites for hydroxylation is 1. The van der Waals surface area contributed by atoms with Crippen LogP contribution in [-0.2, 0) is 9.59 Å². The van der Waals surface area contributed by atoms with Crippen LogP contribution in [0, 0.1) is 6.92 Å². The highest BCUT2D eigenvalue weighted by atomic mass is 32.2. The van der Waals surface area contributed by atoms with Gasteiger partial charge in [0.1, 0.15) is 4.32 Å². The van der Waals surface area contributed by atoms with E-state index in [2.05, 4.69) is 5.32 Å². The van der Waals surface area contributed by atoms with Crippen molar-refractivity contribution in [3.63, 3.8) is 0 Å². The fourth-order valence-electron chi connectivity index (χ4n) is 3.27. The molecule has 2 amide bonds. The van der Waals surface area contributed by atoms with Gasteiger partial charge in [0, 0.05) is 19.0 Å². The van der Waals surface area contributed by atoms with Gasteiger partial charge in [-0.15, -0.1) is 0 Å². The first-order valence-electron chi connectivity index (χ1n) is 9.14. The van der Waals surface area contributed by atoms with Crippen molar-refractivity contribution < 1.29 is 9.59 Å². The zero-order valence-electron chi connectivity index (χ0n) is 15.0. The monoisotopic (exact) mass is 388 g/mol. The molecule has 0 unspecified atom stereocenters. The van der Waals surface area contributed by atoms with Crippen LogP contribution in [0.15, 0.2) is 29.2 Å². The lowest BCUT2D eigenvalue weighted by Gasteiger charge is -2.23. The third-order valence-electron chi connectivity index (χ3n) is 4.78. The van der Waals surface area contributed by atoms with Crippen LogP contribution in [0.2, 0.25) is 0 Å². The lowest BCUT2D eigenvalue weighted by Crippen LogP contribution is -2.39. The number of thiocarbonyl (C=S) groups is 1. The van der Waals surface area contributed by atoms with Gasteiger partial charge in [0.2, 0.25) is 5.91 Å². The number of hydrogen-bond acceptors (Lipinski definition) is 4. The fraction of sp³-hybridized carbons (Fsp3) is 0.450. The molecule has 1 aromatic carbocycles. The van der Waals surface area contributed by atoms with E-state index in [0.717, 1.165) is 18.4 Å². The fourth-order valence-corrected chi connectivity index (χ4v) is 4.58. The Balaban J connectivity index is 1.55. The minimum absolute atomic E-state index is 0.00784. The van der Waals surface area contributed by atoms with Crippen LogP contribution in [0.4, 0.5) is 0 Å². The maximum atomic E-state index is 12.6. The summed E-state index contributed by atoms with van der Waals surface area (Å²) < 4.78 is 0.527. The Morgan fingerprint density at radius 1 is 1.27 bits per heavy atom. The van der Waals surface area contributed by atoms with E-state index in [9.17, 15) is 9.59 Å². The molecule has 4 nitrogen and oxygen atoms in total. The number of nitrogens with one attached hydrogen (secondary N) is 1. The number of thioether (sulfide) groups is 1. The van der Waals surface area contributed by atoms with Crippen molar-refractivity contribution >= 4 is 46.2 Å². The van der Waals surface area contributed by atoms with Gasteiger partial charge in [-0.3, -0.25) is 14.5 Å². The molecule has 0 spiro atoms. The molecular formula is C20H24N2O2S2. The summed E-state index contributed by atoms with van der Waals surface area (Å²) in [6.07, 6.45) is 7.91. The molecule has 1 aliphatic heterocycles. The molecule has 2 fully saturated rings. The summed E-state index contributed by atoms with van der Waals surface area (Å²) in [6.45, 7) is 2.37. The number of rotatable bonds is 5. The first-order valence-corrected chi connectivity index (χ1v) is 10.4. The Hall–Kier alpha value is -1.66. The average Bonchev–Trinajstić information content (AvgIpc) is 2.89. The molecule has 138 valence electrons. The lowest BCUT2D eigenvalue weighted by atomic mass is 9.95. The smallest absolute Gasteiger partial charge is 0.266 e. The number of carbonyl (C=O) groups excluding carboxylic acids is 2. The van der Waals surface area contributed by atoms with Crippen LogP contribution < -0.4 is 5.32 Å². The molecule has 6 heteroatoms. The molecular weight excluding hydrogens is 364 g/mol. The summed E-state index contributed by atoms with van der Waals surface area (Å²) in [6, 6.07) is 8.30. The van der Waals surface area contributed by atoms with Crippen molar-refractivity contribution in [1.82, 2.24) is 10.2 Å². The Morgan fingerprint density at radius 3 is 2.65 bits per heavy atom. The quantitative estimate of drug-likeness (QED) is 0.611. The van der Waals surface area contributed by atoms with Gasteiger partial charge in [-0.05, 0) is 31.4 Å². The van der Waals surface area contributed by atoms with Gasteiger partial charge in [0.25, 0.3) is 5.91 Å². The van der Waals surface area contributed by atoms with Crippen molar-refractivity contribution in [2.75, 3.05) is 6.54 Å².